The first-order chi connectivity index (χ1) is 22.2. The van der Waals surface area contributed by atoms with Gasteiger partial charge in [-0.15, -0.1) is 0 Å². The third kappa shape index (κ3) is 7.82. The first kappa shape index (κ1) is 39.2. The van der Waals surface area contributed by atoms with Crippen LogP contribution in [-0.4, -0.2) is 76.8 Å². The van der Waals surface area contributed by atoms with E-state index in [1.54, 1.807) is 6.07 Å². The Kier molecular flexibility index (Phi) is 12.2. The van der Waals surface area contributed by atoms with Gasteiger partial charge < -0.3 is 15.1 Å². The minimum absolute atomic E-state index is 0.0532. The van der Waals surface area contributed by atoms with Crippen LogP contribution >= 0.6 is 11.8 Å². The van der Waals surface area contributed by atoms with Crippen molar-refractivity contribution in [3.05, 3.63) is 41.5 Å². The van der Waals surface area contributed by atoms with Gasteiger partial charge in [0.1, 0.15) is 5.75 Å². The molecule has 48 heavy (non-hydrogen) atoms. The molecule has 4 unspecified atom stereocenters. The molecule has 6 atom stereocenters. The summed E-state index contributed by atoms with van der Waals surface area (Å²) < 4.78 is 117. The maximum atomic E-state index is 13.7. The van der Waals surface area contributed by atoms with Gasteiger partial charge in [-0.1, -0.05) is 32.4 Å². The molecule has 2 N–H and O–H groups in total. The van der Waals surface area contributed by atoms with Gasteiger partial charge in [0.15, 0.2) is 0 Å². The van der Waals surface area contributed by atoms with Crippen LogP contribution in [0.3, 0.4) is 0 Å². The second-order valence-electron chi connectivity index (χ2n) is 14.4. The molecule has 4 rings (SSSR count). The van der Waals surface area contributed by atoms with Gasteiger partial charge in [-0.2, -0.15) is 51.3 Å². The Morgan fingerprint density at radius 2 is 1.60 bits per heavy atom. The normalized spacial score (nSPS) is 28.0. The second-order valence-corrected chi connectivity index (χ2v) is 15.7. The number of hydrogen-bond donors (Lipinski definition) is 2. The summed E-state index contributed by atoms with van der Waals surface area (Å²) in [6.45, 7) is 8.12. The van der Waals surface area contributed by atoms with E-state index in [2.05, 4.69) is 24.5 Å². The van der Waals surface area contributed by atoms with Gasteiger partial charge in [0.2, 0.25) is 0 Å². The van der Waals surface area contributed by atoms with Crippen molar-refractivity contribution in [3.63, 3.8) is 0 Å². The molecule has 0 amide bonds. The van der Waals surface area contributed by atoms with Crippen LogP contribution in [0.4, 0.5) is 39.5 Å². The maximum Gasteiger partial charge on any atom is 0.460 e. The third-order valence-corrected chi connectivity index (χ3v) is 12.5. The largest absolute Gasteiger partial charge is 0.508 e. The predicted octanol–water partition coefficient (Wildman–Crippen LogP) is 9.87. The molecule has 0 bridgehead atoms. The Hall–Kier alpha value is -1.60. The van der Waals surface area contributed by atoms with E-state index in [4.69, 9.17) is 0 Å². The Morgan fingerprint density at radius 1 is 0.938 bits per heavy atom. The number of aliphatic hydroxyl groups is 1. The Labute approximate surface area is 281 Å². The fourth-order valence-electron chi connectivity index (χ4n) is 8.56. The van der Waals surface area contributed by atoms with Gasteiger partial charge in [0.05, 0.1) is 6.10 Å². The molecule has 1 aromatic carbocycles. The molecule has 13 heteroatoms. The lowest BCUT2D eigenvalue weighted by atomic mass is 9.52. The van der Waals surface area contributed by atoms with Gasteiger partial charge in [-0.25, -0.2) is 0 Å². The van der Waals surface area contributed by atoms with Crippen LogP contribution in [0.1, 0.15) is 88.2 Å². The van der Waals surface area contributed by atoms with Gasteiger partial charge in [-0.3, -0.25) is 0 Å². The molecule has 3 aliphatic carbocycles. The van der Waals surface area contributed by atoms with Gasteiger partial charge in [0, 0.05) is 6.42 Å². The summed E-state index contributed by atoms with van der Waals surface area (Å²) in [6.07, 6.45) is -1.12. The number of aliphatic hydroxyl groups excluding tert-OH is 1. The summed E-state index contributed by atoms with van der Waals surface area (Å²) in [6, 6.07) is 5.78. The van der Waals surface area contributed by atoms with Gasteiger partial charge in [-0.05, 0) is 141 Å². The van der Waals surface area contributed by atoms with E-state index in [0.717, 1.165) is 63.5 Å². The number of unbranched alkanes of at least 4 members (excludes halogenated alkanes) is 2. The Balaban J connectivity index is 1.16. The highest BCUT2D eigenvalue weighted by atomic mass is 32.2. The molecule has 274 valence electrons. The first-order valence-corrected chi connectivity index (χ1v) is 18.1. The molecular formula is C35H48F9NO2S. The number of nitrogens with zero attached hydrogens (tertiary/aromatic N) is 1. The summed E-state index contributed by atoms with van der Waals surface area (Å²) in [5, 5.41) is 21.0. The molecular weight excluding hydrogens is 669 g/mol. The monoisotopic (exact) mass is 717 g/mol. The number of thioether (sulfide) groups is 1. The zero-order valence-corrected chi connectivity index (χ0v) is 28.4. The van der Waals surface area contributed by atoms with Crippen molar-refractivity contribution < 1.29 is 49.7 Å². The quantitative estimate of drug-likeness (QED) is 0.102. The maximum absolute atomic E-state index is 13.7. The standard InChI is InChI=1S/C35H48F9NO2S/c1-22-29(47)21-28-30-23(19-24-20-25(46)10-11-26(24)27(30)12-14-31(22,28)2)9-5-4-6-15-45(3)16-8-18-48-17-7-13-32(36,37)33(38,39)34(40,41)35(42,43)44/h10-11,20,23,27-30,46-47H,1,4-9,12-19,21H2,2-3H3/t23?,27?,28?,29-,30?,31-/m1/s1. The molecule has 0 spiro atoms. The molecule has 0 heterocycles. The number of hydrogen-bond acceptors (Lipinski definition) is 4. The van der Waals surface area contributed by atoms with E-state index in [-0.39, 0.29) is 16.9 Å². The van der Waals surface area contributed by atoms with Crippen molar-refractivity contribution in [2.45, 2.75) is 114 Å². The van der Waals surface area contributed by atoms with Crippen molar-refractivity contribution in [1.29, 1.82) is 0 Å². The summed E-state index contributed by atoms with van der Waals surface area (Å²) in [4.78, 5) is 2.14. The molecule has 2 saturated carbocycles. The van der Waals surface area contributed by atoms with Crippen LogP contribution in [-0.2, 0) is 6.42 Å². The van der Waals surface area contributed by atoms with Crippen LogP contribution in [0.2, 0.25) is 0 Å². The van der Waals surface area contributed by atoms with Gasteiger partial charge in [0.25, 0.3) is 0 Å². The number of alkyl halides is 9. The molecule has 0 radical (unpaired) electrons. The Bertz CT molecular complexity index is 1260. The van der Waals surface area contributed by atoms with E-state index >= 15 is 0 Å². The van der Waals surface area contributed by atoms with Crippen molar-refractivity contribution >= 4 is 11.8 Å². The highest BCUT2D eigenvalue weighted by molar-refractivity contribution is 7.99. The SMILES string of the molecule is C=C1[C@H](O)CC2C3C(CCCCCN(C)CCCSCCCC(F)(F)C(F)(F)C(F)(F)C(F)(F)F)Cc4cc(O)ccc4C3CC[C@]12C. The van der Waals surface area contributed by atoms with Crippen molar-refractivity contribution in [3.8, 4) is 5.75 Å². The van der Waals surface area contributed by atoms with Crippen molar-refractivity contribution in [2.75, 3.05) is 31.6 Å². The predicted molar refractivity (Wildman–Crippen MR) is 170 cm³/mol. The van der Waals surface area contributed by atoms with E-state index < -0.39 is 42.9 Å². The minimum Gasteiger partial charge on any atom is -0.508 e. The number of benzene rings is 1. The fourth-order valence-corrected chi connectivity index (χ4v) is 9.44. The Morgan fingerprint density at radius 3 is 2.29 bits per heavy atom. The summed E-state index contributed by atoms with van der Waals surface area (Å²) >= 11 is 1.17. The van der Waals surface area contributed by atoms with Crippen molar-refractivity contribution in [1.82, 2.24) is 4.90 Å². The lowest BCUT2D eigenvalue weighted by Gasteiger charge is -2.52. The summed E-state index contributed by atoms with van der Waals surface area (Å²) in [5.74, 6) is -16.4. The van der Waals surface area contributed by atoms with Crippen LogP contribution in [0, 0.1) is 23.2 Å². The van der Waals surface area contributed by atoms with Crippen LogP contribution in [0.15, 0.2) is 30.4 Å². The number of phenolic OH excluding ortho intramolecular Hbond substituents is 1. The lowest BCUT2D eigenvalue weighted by molar-refractivity contribution is -0.396. The van der Waals surface area contributed by atoms with E-state index in [9.17, 15) is 49.7 Å². The molecule has 0 saturated heterocycles. The zero-order valence-electron chi connectivity index (χ0n) is 27.6. The van der Waals surface area contributed by atoms with Crippen LogP contribution in [0.5, 0.6) is 5.75 Å². The summed E-state index contributed by atoms with van der Waals surface area (Å²) in [7, 11) is 1.96. The highest BCUT2D eigenvalue weighted by Gasteiger charge is 2.81. The topological polar surface area (TPSA) is 43.7 Å². The minimum atomic E-state index is -6.83. The molecule has 0 aromatic heterocycles. The molecule has 3 aliphatic rings. The van der Waals surface area contributed by atoms with Crippen LogP contribution in [0.25, 0.3) is 0 Å². The van der Waals surface area contributed by atoms with E-state index in [1.807, 2.05) is 13.1 Å². The number of fused-ring (bicyclic) bond motifs is 5. The molecule has 0 aliphatic heterocycles. The number of aromatic hydroxyl groups is 1. The first-order valence-electron chi connectivity index (χ1n) is 16.9. The zero-order chi connectivity index (χ0) is 35.7. The van der Waals surface area contributed by atoms with Crippen LogP contribution < -0.4 is 0 Å². The number of rotatable bonds is 16. The average Bonchev–Trinajstić information content (AvgIpc) is 3.23. The van der Waals surface area contributed by atoms with E-state index in [0.29, 0.717) is 42.4 Å². The highest BCUT2D eigenvalue weighted by Crippen LogP contribution is 2.64. The van der Waals surface area contributed by atoms with E-state index in [1.165, 1.54) is 22.9 Å². The average molecular weight is 718 g/mol. The molecule has 3 nitrogen and oxygen atoms in total. The third-order valence-electron chi connectivity index (χ3n) is 11.3. The smallest absolute Gasteiger partial charge is 0.460 e. The number of phenols is 1. The molecule has 2 fully saturated rings. The lowest BCUT2D eigenvalue weighted by Crippen LogP contribution is -2.60. The van der Waals surface area contributed by atoms with Gasteiger partial charge >= 0.3 is 23.9 Å². The second kappa shape index (κ2) is 14.9. The molecule has 1 aromatic rings. The fraction of sp³-hybridized carbons (Fsp3) is 0.771. The summed E-state index contributed by atoms with van der Waals surface area (Å²) in [5.41, 5.74) is 3.49. The van der Waals surface area contributed by atoms with Crippen molar-refractivity contribution in [2.24, 2.45) is 23.2 Å². The number of halogens is 9.